The number of hydrogen-bond acceptors (Lipinski definition) is 10. The molecule has 3 aliphatic rings. The molecule has 0 radical (unpaired) electrons. The van der Waals surface area contributed by atoms with Gasteiger partial charge in [-0.25, -0.2) is 20.4 Å². The van der Waals surface area contributed by atoms with Crippen LogP contribution in [-0.4, -0.2) is 127 Å². The Morgan fingerprint density at radius 3 is 1.45 bits per heavy atom. The summed E-state index contributed by atoms with van der Waals surface area (Å²) in [5, 5.41) is 23.6. The van der Waals surface area contributed by atoms with Crippen molar-refractivity contribution < 1.29 is 29.4 Å². The van der Waals surface area contributed by atoms with Gasteiger partial charge < -0.3 is 30.2 Å². The number of hydrazine groups is 2. The van der Waals surface area contributed by atoms with Crippen LogP contribution in [0.4, 0.5) is 5.69 Å². The molecule has 3 aliphatic heterocycles. The smallest absolute Gasteiger partial charge is 0.336 e. The first-order valence-electron chi connectivity index (χ1n) is 17.9. The lowest BCUT2D eigenvalue weighted by Gasteiger charge is -2.27. The Morgan fingerprint density at radius 2 is 0.980 bits per heavy atom. The highest BCUT2D eigenvalue weighted by molar-refractivity contribution is 6.25. The zero-order valence-corrected chi connectivity index (χ0v) is 28.5. The Bertz CT molecular complexity index is 1470. The second kappa shape index (κ2) is 18.3. The molecule has 0 spiro atoms. The van der Waals surface area contributed by atoms with Gasteiger partial charge in [-0.15, -0.1) is 0 Å². The van der Waals surface area contributed by atoms with Crippen LogP contribution in [0.2, 0.25) is 0 Å². The topological polar surface area (TPSA) is 179 Å². The third kappa shape index (κ3) is 9.88. The van der Waals surface area contributed by atoms with Crippen LogP contribution in [-0.2, 0) is 0 Å². The van der Waals surface area contributed by atoms with Crippen LogP contribution in [0.15, 0.2) is 18.2 Å². The second-order valence-corrected chi connectivity index (χ2v) is 13.3. The zero-order chi connectivity index (χ0) is 34.6. The number of rotatable bonds is 16. The third-order valence-electron chi connectivity index (χ3n) is 9.81. The van der Waals surface area contributed by atoms with Gasteiger partial charge in [0.1, 0.15) is 0 Å². The van der Waals surface area contributed by atoms with E-state index in [1.165, 1.54) is 37.5 Å². The lowest BCUT2D eigenvalue weighted by molar-refractivity contribution is 0.0684. The Morgan fingerprint density at radius 1 is 0.551 bits per heavy atom. The molecule has 3 heterocycles. The Hall–Kier alpha value is -3.82. The fourth-order valence-corrected chi connectivity index (χ4v) is 7.22. The molecule has 2 amide bonds. The SMILES string of the molecule is O=C(O)c1ccc(C(=O)O)c2c(C(=O)NNCCN3CCCCC3)c(NCCN3CCCCC3)cc(C(=O)NNCCN3CCCCC3)c12. The number of piperidine rings is 3. The lowest BCUT2D eigenvalue weighted by atomic mass is 9.89. The maximum Gasteiger partial charge on any atom is 0.336 e. The number of fused-ring (bicyclic) bond motifs is 1. The van der Waals surface area contributed by atoms with E-state index < -0.39 is 23.8 Å². The summed E-state index contributed by atoms with van der Waals surface area (Å²) >= 11 is 0. The second-order valence-electron chi connectivity index (χ2n) is 13.3. The fraction of sp³-hybridized carbons (Fsp3) is 0.600. The quantitative estimate of drug-likeness (QED) is 0.102. The van der Waals surface area contributed by atoms with Gasteiger partial charge in [0.2, 0.25) is 0 Å². The highest BCUT2D eigenvalue weighted by Crippen LogP contribution is 2.35. The van der Waals surface area contributed by atoms with Crippen molar-refractivity contribution in [2.75, 3.05) is 83.9 Å². The maximum absolute atomic E-state index is 14.0. The Labute approximate surface area is 287 Å². The minimum absolute atomic E-state index is 0.0331. The largest absolute Gasteiger partial charge is 0.478 e. The molecule has 0 bridgehead atoms. The van der Waals surface area contributed by atoms with Crippen LogP contribution in [0, 0.1) is 0 Å². The summed E-state index contributed by atoms with van der Waals surface area (Å²) in [7, 11) is 0. The normalized spacial score (nSPS) is 17.9. The van der Waals surface area contributed by atoms with Crippen LogP contribution >= 0.6 is 0 Å². The van der Waals surface area contributed by atoms with Crippen LogP contribution in [0.5, 0.6) is 0 Å². The molecule has 0 saturated carbocycles. The minimum Gasteiger partial charge on any atom is -0.478 e. The molecule has 2 aromatic carbocycles. The summed E-state index contributed by atoms with van der Waals surface area (Å²) in [4.78, 5) is 59.9. The van der Waals surface area contributed by atoms with Crippen molar-refractivity contribution in [3.8, 4) is 0 Å². The molecule has 7 N–H and O–H groups in total. The number of anilines is 1. The van der Waals surface area contributed by atoms with Crippen LogP contribution in [0.25, 0.3) is 10.8 Å². The molecular weight excluding hydrogens is 628 g/mol. The number of aromatic carboxylic acids is 2. The van der Waals surface area contributed by atoms with Crippen molar-refractivity contribution in [3.63, 3.8) is 0 Å². The van der Waals surface area contributed by atoms with E-state index in [1.807, 2.05) is 0 Å². The molecule has 0 atom stereocenters. The number of carbonyl (C=O) groups excluding carboxylic acids is 2. The highest BCUT2D eigenvalue weighted by atomic mass is 16.4. The average Bonchev–Trinajstić information content (AvgIpc) is 3.12. The molecule has 0 aliphatic carbocycles. The molecule has 3 fully saturated rings. The van der Waals surface area contributed by atoms with Crippen molar-refractivity contribution in [1.29, 1.82) is 0 Å². The van der Waals surface area contributed by atoms with Gasteiger partial charge in [0.25, 0.3) is 11.8 Å². The highest BCUT2D eigenvalue weighted by Gasteiger charge is 2.29. The summed E-state index contributed by atoms with van der Waals surface area (Å²) in [6.07, 6.45) is 10.4. The molecule has 0 aromatic heterocycles. The zero-order valence-electron chi connectivity index (χ0n) is 28.5. The first kappa shape index (κ1) is 36.5. The minimum atomic E-state index is -1.34. The van der Waals surface area contributed by atoms with Crippen molar-refractivity contribution in [2.45, 2.75) is 57.8 Å². The van der Waals surface area contributed by atoms with E-state index >= 15 is 0 Å². The van der Waals surface area contributed by atoms with Crippen molar-refractivity contribution in [1.82, 2.24) is 36.4 Å². The predicted molar refractivity (Wildman–Crippen MR) is 188 cm³/mol. The lowest BCUT2D eigenvalue weighted by Crippen LogP contribution is -2.44. The van der Waals surface area contributed by atoms with E-state index in [9.17, 15) is 29.4 Å². The summed E-state index contributed by atoms with van der Waals surface area (Å²) in [6.45, 7) is 9.48. The summed E-state index contributed by atoms with van der Waals surface area (Å²) < 4.78 is 0. The van der Waals surface area contributed by atoms with E-state index in [1.54, 1.807) is 0 Å². The standard InChI is InChI=1S/C35H52N8O6/c44-32(39-37-13-22-42-17-6-2-7-18-42)27-24-28(36-12-21-41-15-4-1-5-16-41)31(33(45)40-38-14-23-43-19-8-3-9-20-43)30-26(35(48)49)11-10-25(29(27)30)34(46)47/h10-11,24,36-38H,1-9,12-23H2,(H,39,44)(H,40,45)(H,46,47)(H,48,49). The Kier molecular flexibility index (Phi) is 13.6. The van der Waals surface area contributed by atoms with E-state index in [4.69, 9.17) is 0 Å². The molecule has 14 heteroatoms. The van der Waals surface area contributed by atoms with Crippen LogP contribution < -0.4 is 27.0 Å². The average molecular weight is 681 g/mol. The van der Waals surface area contributed by atoms with Gasteiger partial charge in [-0.2, -0.15) is 0 Å². The molecule has 268 valence electrons. The number of amides is 2. The molecule has 5 rings (SSSR count). The number of carboxylic acids is 2. The van der Waals surface area contributed by atoms with E-state index in [0.29, 0.717) is 26.2 Å². The van der Waals surface area contributed by atoms with Crippen molar-refractivity contribution in [2.24, 2.45) is 0 Å². The van der Waals surface area contributed by atoms with Gasteiger partial charge in [-0.05, 0) is 96.0 Å². The summed E-state index contributed by atoms with van der Waals surface area (Å²) in [5.41, 5.74) is 11.0. The summed E-state index contributed by atoms with van der Waals surface area (Å²) in [6, 6.07) is 3.84. The molecule has 2 aromatic rings. The number of carboxylic acid groups (broad SMARTS) is 2. The summed E-state index contributed by atoms with van der Waals surface area (Å²) in [5.74, 6) is -3.93. The number of nitrogens with one attached hydrogen (secondary N) is 5. The van der Waals surface area contributed by atoms with E-state index in [-0.39, 0.29) is 38.7 Å². The van der Waals surface area contributed by atoms with Crippen LogP contribution in [0.3, 0.4) is 0 Å². The number of likely N-dealkylation sites (tertiary alicyclic amines) is 3. The number of nitrogens with zero attached hydrogens (tertiary/aromatic N) is 3. The third-order valence-corrected chi connectivity index (χ3v) is 9.81. The van der Waals surface area contributed by atoms with E-state index in [0.717, 1.165) is 90.9 Å². The maximum atomic E-state index is 14.0. The number of benzene rings is 2. The van der Waals surface area contributed by atoms with Gasteiger partial charge in [-0.1, -0.05) is 19.3 Å². The van der Waals surface area contributed by atoms with Crippen molar-refractivity contribution in [3.05, 3.63) is 40.5 Å². The Balaban J connectivity index is 1.47. The fourth-order valence-electron chi connectivity index (χ4n) is 7.22. The van der Waals surface area contributed by atoms with Crippen molar-refractivity contribution >= 4 is 40.2 Å². The van der Waals surface area contributed by atoms with Crippen LogP contribution in [0.1, 0.15) is 99.2 Å². The predicted octanol–water partition coefficient (Wildman–Crippen LogP) is 2.57. The number of hydrogen-bond donors (Lipinski definition) is 7. The molecule has 0 unspecified atom stereocenters. The monoisotopic (exact) mass is 680 g/mol. The van der Waals surface area contributed by atoms with Gasteiger partial charge in [-0.3, -0.25) is 20.4 Å². The number of carbonyl (C=O) groups is 4. The first-order chi connectivity index (χ1) is 23.8. The molecule has 49 heavy (non-hydrogen) atoms. The first-order valence-corrected chi connectivity index (χ1v) is 17.9. The van der Waals surface area contributed by atoms with E-state index in [2.05, 4.69) is 41.7 Å². The van der Waals surface area contributed by atoms with Gasteiger partial charge in [0.15, 0.2) is 0 Å². The molecule has 14 nitrogen and oxygen atoms in total. The van der Waals surface area contributed by atoms with Gasteiger partial charge >= 0.3 is 11.9 Å². The van der Waals surface area contributed by atoms with Gasteiger partial charge in [0, 0.05) is 55.7 Å². The molecule has 3 saturated heterocycles. The van der Waals surface area contributed by atoms with Gasteiger partial charge in [0.05, 0.1) is 22.3 Å². The molecular formula is C35H52N8O6.